The number of aromatic nitrogens is 1. The largest absolute Gasteiger partial charge is 0.487 e. The summed E-state index contributed by atoms with van der Waals surface area (Å²) in [5.74, 6) is -1.75. The van der Waals surface area contributed by atoms with Crippen molar-refractivity contribution in [1.29, 1.82) is 0 Å². The zero-order valence-corrected chi connectivity index (χ0v) is 29.0. The molecule has 0 fully saturated rings. The Bertz CT molecular complexity index is 2160. The first-order valence-electron chi connectivity index (χ1n) is 16.0. The molecule has 12 nitrogen and oxygen atoms in total. The fourth-order valence-corrected chi connectivity index (χ4v) is 7.68. The number of nitrogens with zero attached hydrogens (tertiary/aromatic N) is 2. The third-order valence-electron chi connectivity index (χ3n) is 8.91. The number of aliphatic imine (C=N–C) groups is 1. The van der Waals surface area contributed by atoms with Crippen molar-refractivity contribution in [3.63, 3.8) is 0 Å². The summed E-state index contributed by atoms with van der Waals surface area (Å²) in [6, 6.07) is 14.7. The van der Waals surface area contributed by atoms with Gasteiger partial charge in [-0.2, -0.15) is 0 Å². The number of rotatable bonds is 10. The molecule has 258 valence electrons. The number of nitrogens with two attached hydrogens (primary N) is 1. The maximum atomic E-state index is 13.5. The zero-order valence-electron chi connectivity index (χ0n) is 28.2. The van der Waals surface area contributed by atoms with E-state index in [4.69, 9.17) is 10.5 Å². The van der Waals surface area contributed by atoms with Gasteiger partial charge in [0.1, 0.15) is 23.0 Å². The molecule has 1 aromatic heterocycles. The fraction of sp³-hybridized carbons (Fsp3) is 0.333. The Morgan fingerprint density at radius 3 is 2.47 bits per heavy atom. The third-order valence-corrected chi connectivity index (χ3v) is 10.5. The first-order valence-corrected chi connectivity index (χ1v) is 17.5. The molecule has 1 amide bonds. The van der Waals surface area contributed by atoms with Crippen LogP contribution in [0.2, 0.25) is 0 Å². The molecule has 0 saturated carbocycles. The number of nitrogens with one attached hydrogen (secondary N) is 2. The summed E-state index contributed by atoms with van der Waals surface area (Å²) in [5, 5.41) is 14.1. The van der Waals surface area contributed by atoms with E-state index in [1.807, 2.05) is 57.2 Å². The Balaban J connectivity index is 1.23. The topological polar surface area (TPSA) is 182 Å². The summed E-state index contributed by atoms with van der Waals surface area (Å²) >= 11 is 0. The first kappa shape index (κ1) is 35.1. The van der Waals surface area contributed by atoms with E-state index in [9.17, 15) is 27.9 Å². The number of guanidine groups is 1. The number of amides is 1. The molecule has 0 saturated heterocycles. The van der Waals surface area contributed by atoms with Crippen LogP contribution in [-0.4, -0.2) is 54.1 Å². The van der Waals surface area contributed by atoms with Gasteiger partial charge in [-0.05, 0) is 118 Å². The van der Waals surface area contributed by atoms with Crippen LogP contribution in [0.5, 0.6) is 5.75 Å². The van der Waals surface area contributed by atoms with Crippen LogP contribution in [0.1, 0.15) is 65.7 Å². The minimum absolute atomic E-state index is 0.0157. The van der Waals surface area contributed by atoms with Crippen molar-refractivity contribution in [3.8, 4) is 11.4 Å². The van der Waals surface area contributed by atoms with Crippen molar-refractivity contribution < 1.29 is 27.9 Å². The van der Waals surface area contributed by atoms with Gasteiger partial charge in [-0.3, -0.25) is 19.1 Å². The average Bonchev–Trinajstić information content (AvgIpc) is 3.04. The minimum atomic E-state index is -4.10. The molecule has 0 unspecified atom stereocenters. The summed E-state index contributed by atoms with van der Waals surface area (Å²) in [6.45, 7) is 9.31. The van der Waals surface area contributed by atoms with Gasteiger partial charge in [0.2, 0.25) is 5.96 Å². The van der Waals surface area contributed by atoms with Crippen LogP contribution >= 0.6 is 0 Å². The van der Waals surface area contributed by atoms with E-state index in [2.05, 4.69) is 15.0 Å². The molecule has 1 atom stereocenters. The second kappa shape index (κ2) is 13.7. The van der Waals surface area contributed by atoms with Gasteiger partial charge >= 0.3 is 5.97 Å². The third kappa shape index (κ3) is 7.46. The lowest BCUT2D eigenvalue weighted by atomic mass is 9.88. The first-order chi connectivity index (χ1) is 23.1. The van der Waals surface area contributed by atoms with E-state index in [0.717, 1.165) is 34.1 Å². The highest BCUT2D eigenvalue weighted by molar-refractivity contribution is 7.90. The predicted octanol–water partition coefficient (Wildman–Crippen LogP) is 4.28. The molecule has 0 radical (unpaired) electrons. The Morgan fingerprint density at radius 1 is 1.04 bits per heavy atom. The van der Waals surface area contributed by atoms with Crippen LogP contribution in [0.3, 0.4) is 0 Å². The molecule has 5 N–H and O–H groups in total. The molecule has 0 aliphatic carbocycles. The number of carboxylic acid groups (broad SMARTS) is 1. The van der Waals surface area contributed by atoms with Crippen LogP contribution in [0.15, 0.2) is 75.5 Å². The lowest BCUT2D eigenvalue weighted by Gasteiger charge is -2.35. The summed E-state index contributed by atoms with van der Waals surface area (Å²) in [6.07, 6.45) is 3.06. The van der Waals surface area contributed by atoms with Crippen molar-refractivity contribution in [1.82, 2.24) is 14.6 Å². The lowest BCUT2D eigenvalue weighted by molar-refractivity contribution is -0.139. The van der Waals surface area contributed by atoms with E-state index in [1.54, 1.807) is 32.2 Å². The number of aliphatic carboxylic acids is 1. The van der Waals surface area contributed by atoms with Gasteiger partial charge in [0.15, 0.2) is 0 Å². The second-order valence-corrected chi connectivity index (χ2v) is 14.5. The number of benzene rings is 3. The summed E-state index contributed by atoms with van der Waals surface area (Å²) in [5.41, 5.74) is 8.10. The van der Waals surface area contributed by atoms with Crippen molar-refractivity contribution in [2.75, 3.05) is 6.54 Å². The van der Waals surface area contributed by atoms with Crippen LogP contribution in [-0.2, 0) is 21.2 Å². The van der Waals surface area contributed by atoms with E-state index >= 15 is 0 Å². The number of fused-ring (bicyclic) bond motifs is 2. The Labute approximate surface area is 285 Å². The second-order valence-electron chi connectivity index (χ2n) is 12.9. The van der Waals surface area contributed by atoms with Crippen LogP contribution in [0.25, 0.3) is 16.5 Å². The monoisotopic (exact) mass is 687 g/mol. The number of carboxylic acids is 1. The van der Waals surface area contributed by atoms with Gasteiger partial charge in [0.25, 0.3) is 21.5 Å². The quantitative estimate of drug-likeness (QED) is 0.108. The van der Waals surface area contributed by atoms with Gasteiger partial charge in [-0.25, -0.2) is 17.9 Å². The number of hydrogen-bond acceptors (Lipinski definition) is 7. The minimum Gasteiger partial charge on any atom is -0.487 e. The number of hydrogen-bond donors (Lipinski definition) is 4. The Kier molecular flexibility index (Phi) is 9.86. The Hall–Kier alpha value is -5.17. The molecule has 13 heteroatoms. The smallest absolute Gasteiger partial charge is 0.326 e. The van der Waals surface area contributed by atoms with E-state index in [1.165, 1.54) is 10.6 Å². The molecular formula is C36H41N5O7S. The highest BCUT2D eigenvalue weighted by Gasteiger charge is 2.33. The molecule has 2 heterocycles. The fourth-order valence-electron chi connectivity index (χ4n) is 6.16. The van der Waals surface area contributed by atoms with Crippen molar-refractivity contribution in [3.05, 3.63) is 99.0 Å². The maximum absolute atomic E-state index is 13.5. The van der Waals surface area contributed by atoms with E-state index in [-0.39, 0.29) is 41.4 Å². The van der Waals surface area contributed by atoms with Gasteiger partial charge in [-0.1, -0.05) is 30.3 Å². The molecule has 3 aromatic carbocycles. The van der Waals surface area contributed by atoms with E-state index < -0.39 is 33.5 Å². The molecule has 0 spiro atoms. The SMILES string of the molecule is Cc1c(C)c(S(=O)(=O)NC(N)=NCCC[C@H](NC(=O)c2cccn(-c3ccc4ccccc4c3)c2=O)C(=O)O)c(C)c2c1OC(C)(C)CC2. The molecule has 4 aromatic rings. The number of carbonyl (C=O) groups excluding carboxylic acids is 1. The average molecular weight is 688 g/mol. The summed E-state index contributed by atoms with van der Waals surface area (Å²) < 4.78 is 36.8. The van der Waals surface area contributed by atoms with Crippen molar-refractivity contribution >= 4 is 38.6 Å². The van der Waals surface area contributed by atoms with Crippen molar-refractivity contribution in [2.45, 2.75) is 76.8 Å². The molecule has 1 aliphatic heterocycles. The summed E-state index contributed by atoms with van der Waals surface area (Å²) in [7, 11) is -4.10. The molecular weight excluding hydrogens is 646 g/mol. The standard InChI is InChI=1S/C36H41N5O7S/c1-21-22(2)31(23(3)27-16-17-36(4,5)48-30(21)27)49(46,47)40-35(37)38-18-8-13-29(34(44)45)39-32(42)28-12-9-19-41(33(28)43)26-15-14-24-10-6-7-11-25(24)20-26/h6-7,9-12,14-15,19-20,29H,8,13,16-18H2,1-5H3,(H,39,42)(H,44,45)(H3,37,38,40)/t29-/m0/s1. The van der Waals surface area contributed by atoms with Gasteiger partial charge in [0, 0.05) is 18.4 Å². The number of pyridine rings is 1. The number of sulfonamides is 1. The van der Waals surface area contributed by atoms with Crippen LogP contribution in [0, 0.1) is 20.8 Å². The molecule has 1 aliphatic rings. The zero-order chi connectivity index (χ0) is 35.7. The van der Waals surface area contributed by atoms with E-state index in [0.29, 0.717) is 23.2 Å². The summed E-state index contributed by atoms with van der Waals surface area (Å²) in [4.78, 5) is 42.6. The molecule has 5 rings (SSSR count). The molecule has 0 bridgehead atoms. The van der Waals surface area contributed by atoms with Crippen molar-refractivity contribution in [2.24, 2.45) is 10.7 Å². The maximum Gasteiger partial charge on any atom is 0.326 e. The highest BCUT2D eigenvalue weighted by Crippen LogP contribution is 2.42. The molecule has 49 heavy (non-hydrogen) atoms. The normalized spacial score (nSPS) is 14.8. The Morgan fingerprint density at radius 2 is 1.76 bits per heavy atom. The predicted molar refractivity (Wildman–Crippen MR) is 188 cm³/mol. The van der Waals surface area contributed by atoms with Crippen LogP contribution in [0.4, 0.5) is 0 Å². The highest BCUT2D eigenvalue weighted by atomic mass is 32.2. The van der Waals surface area contributed by atoms with Crippen LogP contribution < -0.4 is 26.1 Å². The number of carbonyl (C=O) groups is 2. The van der Waals surface area contributed by atoms with Gasteiger partial charge in [-0.15, -0.1) is 0 Å². The van der Waals surface area contributed by atoms with Gasteiger partial charge in [0.05, 0.1) is 4.90 Å². The number of ether oxygens (including phenoxy) is 1. The van der Waals surface area contributed by atoms with Gasteiger partial charge < -0.3 is 20.9 Å². The lowest BCUT2D eigenvalue weighted by Crippen LogP contribution is -2.43.